The molecule has 4 heteroatoms. The maximum absolute atomic E-state index is 13.8. The van der Waals surface area contributed by atoms with Crippen molar-refractivity contribution in [3.63, 3.8) is 0 Å². The summed E-state index contributed by atoms with van der Waals surface area (Å²) in [7, 11) is 2.19. The van der Waals surface area contributed by atoms with E-state index < -0.39 is 0 Å². The predicted molar refractivity (Wildman–Crippen MR) is 134 cm³/mol. The molecule has 5 aliphatic rings. The van der Waals surface area contributed by atoms with E-state index in [0.717, 1.165) is 68.3 Å². The first-order valence-electron chi connectivity index (χ1n) is 13.7. The molecule has 3 saturated carbocycles. The van der Waals surface area contributed by atoms with Crippen molar-refractivity contribution >= 4 is 5.97 Å². The summed E-state index contributed by atoms with van der Waals surface area (Å²) in [5.41, 5.74) is 3.41. The standard InChI is InChI=1S/C30H41NO3/c1-19-13-25(32)9-10-30(19)11-12-31(3)18-23-7-8-26(20(2)27(23)30)34-28(33)29-15-21-5-4-6-22(16-29)24(14-21)17-29/h7-10,19,21-22,24-25,32H,4-6,11-18H2,1-3H3/t19?,21?,22?,24?,25-,29?,30-/m0/s1. The third-order valence-corrected chi connectivity index (χ3v) is 10.5. The molecule has 0 aromatic heterocycles. The van der Waals surface area contributed by atoms with E-state index in [-0.39, 0.29) is 22.9 Å². The number of hydrogen-bond acceptors (Lipinski definition) is 4. The van der Waals surface area contributed by atoms with Crippen molar-refractivity contribution < 1.29 is 14.6 Å². The molecule has 0 amide bonds. The summed E-state index contributed by atoms with van der Waals surface area (Å²) in [5.74, 6) is 3.30. The fourth-order valence-electron chi connectivity index (χ4n) is 8.88. The lowest BCUT2D eigenvalue weighted by atomic mass is 9.62. The van der Waals surface area contributed by atoms with Crippen molar-refractivity contribution in [1.29, 1.82) is 0 Å². The highest BCUT2D eigenvalue weighted by atomic mass is 16.5. The van der Waals surface area contributed by atoms with Crippen LogP contribution in [0.25, 0.3) is 0 Å². The third-order valence-electron chi connectivity index (χ3n) is 10.5. The van der Waals surface area contributed by atoms with Gasteiger partial charge in [-0.25, -0.2) is 0 Å². The fourth-order valence-corrected chi connectivity index (χ4v) is 8.88. The molecule has 5 unspecified atom stereocenters. The molecule has 4 nitrogen and oxygen atoms in total. The van der Waals surface area contributed by atoms with Crippen LogP contribution in [0.4, 0.5) is 0 Å². The first-order chi connectivity index (χ1) is 16.3. The Morgan fingerprint density at radius 2 is 1.97 bits per heavy atom. The van der Waals surface area contributed by atoms with Gasteiger partial charge in [-0.05, 0) is 105 Å². The monoisotopic (exact) mass is 463 g/mol. The summed E-state index contributed by atoms with van der Waals surface area (Å²) >= 11 is 0. The molecule has 1 aromatic rings. The molecule has 7 atom stereocenters. The van der Waals surface area contributed by atoms with Gasteiger partial charge in [0.2, 0.25) is 0 Å². The lowest BCUT2D eigenvalue weighted by Crippen LogP contribution is -2.39. The van der Waals surface area contributed by atoms with Crippen LogP contribution in [-0.2, 0) is 16.8 Å². The molecule has 1 aliphatic heterocycles. The van der Waals surface area contributed by atoms with Crippen LogP contribution in [0.3, 0.4) is 0 Å². The summed E-state index contributed by atoms with van der Waals surface area (Å²) in [6, 6.07) is 4.25. The van der Waals surface area contributed by atoms with E-state index in [9.17, 15) is 9.90 Å². The Kier molecular flexibility index (Phi) is 5.50. The molecule has 3 bridgehead atoms. The number of fused-ring (bicyclic) bond motifs is 4. The van der Waals surface area contributed by atoms with Gasteiger partial charge in [0.25, 0.3) is 0 Å². The fraction of sp³-hybridized carbons (Fsp3) is 0.700. The minimum absolute atomic E-state index is 0.0390. The summed E-state index contributed by atoms with van der Waals surface area (Å²) in [5, 5.41) is 10.3. The van der Waals surface area contributed by atoms with Crippen LogP contribution in [-0.4, -0.2) is 35.7 Å². The average Bonchev–Trinajstić information content (AvgIpc) is 2.88. The Morgan fingerprint density at radius 3 is 2.79 bits per heavy atom. The first kappa shape index (κ1) is 22.8. The number of aliphatic hydroxyl groups is 1. The van der Waals surface area contributed by atoms with Crippen molar-refractivity contribution in [3.8, 4) is 5.75 Å². The molecule has 184 valence electrons. The van der Waals surface area contributed by atoms with Gasteiger partial charge in [0, 0.05) is 12.0 Å². The Hall–Kier alpha value is -1.65. The number of rotatable bonds is 2. The van der Waals surface area contributed by atoms with Crippen LogP contribution in [0.1, 0.15) is 81.4 Å². The van der Waals surface area contributed by atoms with E-state index in [4.69, 9.17) is 4.74 Å². The molecule has 6 rings (SSSR count). The number of nitrogens with zero attached hydrogens (tertiary/aromatic N) is 1. The largest absolute Gasteiger partial charge is 0.426 e. The highest BCUT2D eigenvalue weighted by molar-refractivity contribution is 5.80. The zero-order valence-electron chi connectivity index (χ0n) is 21.2. The maximum Gasteiger partial charge on any atom is 0.317 e. The zero-order valence-corrected chi connectivity index (χ0v) is 21.2. The van der Waals surface area contributed by atoms with E-state index in [1.54, 1.807) is 0 Å². The minimum atomic E-state index is -0.369. The lowest BCUT2D eigenvalue weighted by Gasteiger charge is -2.42. The van der Waals surface area contributed by atoms with Crippen LogP contribution in [0.2, 0.25) is 0 Å². The molecule has 1 N–H and O–H groups in total. The second-order valence-electron chi connectivity index (χ2n) is 12.6. The topological polar surface area (TPSA) is 49.8 Å². The van der Waals surface area contributed by atoms with Gasteiger partial charge in [-0.2, -0.15) is 0 Å². The quantitative estimate of drug-likeness (QED) is 0.356. The highest BCUT2D eigenvalue weighted by Crippen LogP contribution is 2.60. The third kappa shape index (κ3) is 3.51. The van der Waals surface area contributed by atoms with Crippen LogP contribution in [0.15, 0.2) is 24.3 Å². The zero-order chi connectivity index (χ0) is 23.7. The first-order valence-corrected chi connectivity index (χ1v) is 13.7. The van der Waals surface area contributed by atoms with Crippen molar-refractivity contribution in [2.24, 2.45) is 29.1 Å². The number of ether oxygens (including phenoxy) is 1. The maximum atomic E-state index is 13.8. The van der Waals surface area contributed by atoms with E-state index in [0.29, 0.717) is 11.8 Å². The molecule has 4 aliphatic carbocycles. The Balaban J connectivity index is 1.36. The molecule has 34 heavy (non-hydrogen) atoms. The number of carbonyl (C=O) groups excluding carboxylic acids is 1. The molecule has 1 heterocycles. The lowest BCUT2D eigenvalue weighted by molar-refractivity contribution is -0.148. The van der Waals surface area contributed by atoms with Crippen molar-refractivity contribution in [3.05, 3.63) is 41.0 Å². The molecular formula is C30H41NO3. The van der Waals surface area contributed by atoms with E-state index >= 15 is 0 Å². The summed E-state index contributed by atoms with van der Waals surface area (Å²) < 4.78 is 6.37. The SMILES string of the molecule is Cc1c(OC(=O)C23CC4CCCC(C2)C(C4)C3)ccc2c1[C@@]1(C=C[C@H](O)CC1C)CCN(C)C2. The number of carbonyl (C=O) groups is 1. The van der Waals surface area contributed by atoms with Crippen molar-refractivity contribution in [1.82, 2.24) is 4.90 Å². The molecule has 3 fully saturated rings. The van der Waals surface area contributed by atoms with Gasteiger partial charge in [0.1, 0.15) is 5.75 Å². The average molecular weight is 464 g/mol. The molecule has 1 spiro atoms. The van der Waals surface area contributed by atoms with Crippen LogP contribution in [0.5, 0.6) is 5.75 Å². The summed E-state index contributed by atoms with van der Waals surface area (Å²) in [4.78, 5) is 16.2. The predicted octanol–water partition coefficient (Wildman–Crippen LogP) is 5.54. The minimum Gasteiger partial charge on any atom is -0.426 e. The van der Waals surface area contributed by atoms with Gasteiger partial charge in [-0.1, -0.05) is 44.4 Å². The van der Waals surface area contributed by atoms with E-state index in [1.807, 2.05) is 6.08 Å². The van der Waals surface area contributed by atoms with Gasteiger partial charge < -0.3 is 14.7 Å². The molecular weight excluding hydrogens is 422 g/mol. The molecule has 1 aromatic carbocycles. The Bertz CT molecular complexity index is 1010. The second-order valence-corrected chi connectivity index (χ2v) is 12.6. The van der Waals surface area contributed by atoms with Crippen LogP contribution < -0.4 is 4.74 Å². The number of allylic oxidation sites excluding steroid dienone is 1. The number of benzene rings is 1. The highest BCUT2D eigenvalue weighted by Gasteiger charge is 2.56. The summed E-state index contributed by atoms with van der Waals surface area (Å²) in [6.07, 6.45) is 14.1. The molecule has 0 saturated heterocycles. The van der Waals surface area contributed by atoms with Gasteiger partial charge in [0.15, 0.2) is 0 Å². The number of esters is 1. The van der Waals surface area contributed by atoms with Gasteiger partial charge in [0.05, 0.1) is 11.5 Å². The number of aliphatic hydroxyl groups excluding tert-OH is 1. The second kappa shape index (κ2) is 8.20. The van der Waals surface area contributed by atoms with Crippen molar-refractivity contribution in [2.45, 2.75) is 89.7 Å². The van der Waals surface area contributed by atoms with E-state index in [1.165, 1.54) is 36.8 Å². The van der Waals surface area contributed by atoms with E-state index in [2.05, 4.69) is 44.0 Å². The van der Waals surface area contributed by atoms with Crippen LogP contribution in [0, 0.1) is 36.0 Å². The van der Waals surface area contributed by atoms with Gasteiger partial charge in [-0.15, -0.1) is 0 Å². The smallest absolute Gasteiger partial charge is 0.317 e. The van der Waals surface area contributed by atoms with Gasteiger partial charge in [-0.3, -0.25) is 4.79 Å². The Morgan fingerprint density at radius 1 is 1.15 bits per heavy atom. The van der Waals surface area contributed by atoms with Crippen LogP contribution >= 0.6 is 0 Å². The Labute approximate surface area is 204 Å². The normalized spacial score (nSPS) is 41.2. The van der Waals surface area contributed by atoms with Gasteiger partial charge >= 0.3 is 5.97 Å². The van der Waals surface area contributed by atoms with Crippen molar-refractivity contribution in [2.75, 3.05) is 13.6 Å². The molecule has 0 radical (unpaired) electrons. The number of hydrogen-bond donors (Lipinski definition) is 1. The summed E-state index contributed by atoms with van der Waals surface area (Å²) in [6.45, 7) is 6.36.